The minimum Gasteiger partial charge on any atom is -0.463 e. The number of hydrogen-bond acceptors (Lipinski definition) is 4. The highest BCUT2D eigenvalue weighted by Gasteiger charge is 2.40. The molecule has 80 valence electrons. The van der Waals surface area contributed by atoms with Crippen molar-refractivity contribution in [3.8, 4) is 6.07 Å². The van der Waals surface area contributed by atoms with Gasteiger partial charge in [-0.05, 0) is 33.5 Å². The van der Waals surface area contributed by atoms with E-state index < -0.39 is 19.9 Å². The average molecular weight is 215 g/mol. The Bertz CT molecular complexity index is 254. The Morgan fingerprint density at radius 1 is 1.50 bits per heavy atom. The van der Waals surface area contributed by atoms with Crippen LogP contribution in [-0.4, -0.2) is 26.5 Å². The molecule has 0 aliphatic carbocycles. The van der Waals surface area contributed by atoms with Gasteiger partial charge >= 0.3 is 5.97 Å². The van der Waals surface area contributed by atoms with Crippen LogP contribution < -0.4 is 0 Å². The highest BCUT2D eigenvalue weighted by molar-refractivity contribution is 6.70. The van der Waals surface area contributed by atoms with Crippen molar-refractivity contribution < 1.29 is 14.0 Å². The molecule has 4 nitrogen and oxygen atoms in total. The molecule has 0 aliphatic rings. The van der Waals surface area contributed by atoms with E-state index in [0.29, 0.717) is 0 Å². The fraction of sp³-hybridized carbons (Fsp3) is 0.778. The van der Waals surface area contributed by atoms with Crippen molar-refractivity contribution in [2.24, 2.45) is 0 Å². The van der Waals surface area contributed by atoms with Gasteiger partial charge in [-0.25, -0.2) is 4.79 Å². The average Bonchev–Trinajstić information content (AvgIpc) is 2.01. The Balaban J connectivity index is 4.66. The standard InChI is InChI=1S/C9H17NO3Si/c1-6-12-8(11)9(2,7-10)13-14(3,4)5/h6H2,1-5H3. The first-order valence-electron chi connectivity index (χ1n) is 4.54. The molecule has 0 saturated carbocycles. The Labute approximate surface area is 85.9 Å². The monoisotopic (exact) mass is 215 g/mol. The zero-order chi connectivity index (χ0) is 11.4. The van der Waals surface area contributed by atoms with Gasteiger partial charge in [0.1, 0.15) is 6.07 Å². The van der Waals surface area contributed by atoms with Crippen LogP contribution in [0.2, 0.25) is 19.6 Å². The number of ether oxygens (including phenoxy) is 1. The van der Waals surface area contributed by atoms with Crippen LogP contribution in [0, 0.1) is 11.3 Å². The second kappa shape index (κ2) is 4.58. The van der Waals surface area contributed by atoms with Gasteiger partial charge in [-0.1, -0.05) is 0 Å². The summed E-state index contributed by atoms with van der Waals surface area (Å²) >= 11 is 0. The Hall–Kier alpha value is -0.863. The van der Waals surface area contributed by atoms with E-state index >= 15 is 0 Å². The molecule has 0 bridgehead atoms. The molecule has 0 N–H and O–H groups in total. The van der Waals surface area contributed by atoms with Gasteiger partial charge in [-0.2, -0.15) is 5.26 Å². The molecule has 0 aliphatic heterocycles. The number of nitrogens with zero attached hydrogens (tertiary/aromatic N) is 1. The summed E-state index contributed by atoms with van der Waals surface area (Å²) in [4.78, 5) is 11.4. The van der Waals surface area contributed by atoms with Gasteiger partial charge in [0.25, 0.3) is 0 Å². The SMILES string of the molecule is CCOC(=O)C(C)(C#N)O[Si](C)(C)C. The Morgan fingerprint density at radius 2 is 2.00 bits per heavy atom. The van der Waals surface area contributed by atoms with Crippen molar-refractivity contribution in [2.45, 2.75) is 39.1 Å². The lowest BCUT2D eigenvalue weighted by atomic mass is 10.1. The van der Waals surface area contributed by atoms with E-state index in [-0.39, 0.29) is 6.61 Å². The molecule has 0 amide bonds. The lowest BCUT2D eigenvalue weighted by Gasteiger charge is -2.28. The molecule has 0 aromatic heterocycles. The molecular formula is C9H17NO3Si. The van der Waals surface area contributed by atoms with Crippen LogP contribution in [0.3, 0.4) is 0 Å². The minimum absolute atomic E-state index is 0.255. The van der Waals surface area contributed by atoms with Gasteiger partial charge in [-0.15, -0.1) is 0 Å². The molecule has 1 atom stereocenters. The van der Waals surface area contributed by atoms with Crippen LogP contribution in [0.4, 0.5) is 0 Å². The molecule has 0 aromatic carbocycles. The summed E-state index contributed by atoms with van der Waals surface area (Å²) in [5, 5.41) is 8.89. The van der Waals surface area contributed by atoms with Crippen LogP contribution in [0.15, 0.2) is 0 Å². The fourth-order valence-corrected chi connectivity index (χ4v) is 2.35. The van der Waals surface area contributed by atoms with Gasteiger partial charge in [0.2, 0.25) is 5.60 Å². The predicted molar refractivity (Wildman–Crippen MR) is 55.1 cm³/mol. The third-order valence-electron chi connectivity index (χ3n) is 1.39. The van der Waals surface area contributed by atoms with Crippen molar-refractivity contribution in [3.63, 3.8) is 0 Å². The van der Waals surface area contributed by atoms with Crippen LogP contribution in [0.1, 0.15) is 13.8 Å². The molecule has 0 fully saturated rings. The second-order valence-electron chi connectivity index (χ2n) is 4.08. The third kappa shape index (κ3) is 3.90. The molecule has 0 rings (SSSR count). The van der Waals surface area contributed by atoms with E-state index in [1.54, 1.807) is 6.92 Å². The minimum atomic E-state index is -1.93. The molecule has 0 heterocycles. The van der Waals surface area contributed by atoms with E-state index in [9.17, 15) is 4.79 Å². The molecule has 5 heteroatoms. The normalized spacial score (nSPS) is 15.4. The lowest BCUT2D eigenvalue weighted by Crippen LogP contribution is -2.46. The van der Waals surface area contributed by atoms with Crippen LogP contribution in [-0.2, 0) is 14.0 Å². The number of hydrogen-bond donors (Lipinski definition) is 0. The highest BCUT2D eigenvalue weighted by atomic mass is 28.4. The molecule has 0 radical (unpaired) electrons. The summed E-state index contributed by atoms with van der Waals surface area (Å²) in [5.41, 5.74) is -1.46. The summed E-state index contributed by atoms with van der Waals surface area (Å²) in [6.45, 7) is 9.16. The van der Waals surface area contributed by atoms with Gasteiger partial charge in [0.05, 0.1) is 6.61 Å². The summed E-state index contributed by atoms with van der Waals surface area (Å²) in [6.07, 6.45) is 0. The van der Waals surface area contributed by atoms with E-state index in [0.717, 1.165) is 0 Å². The van der Waals surface area contributed by atoms with Gasteiger partial charge in [-0.3, -0.25) is 0 Å². The number of carbonyl (C=O) groups excluding carboxylic acids is 1. The van der Waals surface area contributed by atoms with Crippen molar-refractivity contribution in [3.05, 3.63) is 0 Å². The zero-order valence-corrected chi connectivity index (χ0v) is 10.4. The fourth-order valence-electron chi connectivity index (χ4n) is 0.991. The van der Waals surface area contributed by atoms with E-state index in [1.807, 2.05) is 25.7 Å². The smallest absolute Gasteiger partial charge is 0.352 e. The van der Waals surface area contributed by atoms with Crippen molar-refractivity contribution in [1.82, 2.24) is 0 Å². The molecule has 14 heavy (non-hydrogen) atoms. The summed E-state index contributed by atoms with van der Waals surface area (Å²) < 4.78 is 10.3. The van der Waals surface area contributed by atoms with Crippen LogP contribution >= 0.6 is 0 Å². The van der Waals surface area contributed by atoms with Crippen molar-refractivity contribution in [1.29, 1.82) is 5.26 Å². The third-order valence-corrected chi connectivity index (χ3v) is 2.41. The van der Waals surface area contributed by atoms with Gasteiger partial charge in [0, 0.05) is 0 Å². The number of nitriles is 1. The molecule has 0 spiro atoms. The summed E-state index contributed by atoms with van der Waals surface area (Å²) in [5.74, 6) is -0.607. The topological polar surface area (TPSA) is 59.3 Å². The molecular weight excluding hydrogens is 198 g/mol. The molecule has 1 unspecified atom stereocenters. The maximum Gasteiger partial charge on any atom is 0.352 e. The van der Waals surface area contributed by atoms with Gasteiger partial charge < -0.3 is 9.16 Å². The summed E-state index contributed by atoms with van der Waals surface area (Å²) in [7, 11) is -1.93. The summed E-state index contributed by atoms with van der Waals surface area (Å²) in [6, 6.07) is 1.86. The van der Waals surface area contributed by atoms with Crippen LogP contribution in [0.5, 0.6) is 0 Å². The highest BCUT2D eigenvalue weighted by Crippen LogP contribution is 2.18. The Kier molecular flexibility index (Phi) is 4.29. The van der Waals surface area contributed by atoms with E-state index in [1.165, 1.54) is 6.92 Å². The molecule has 0 saturated heterocycles. The van der Waals surface area contributed by atoms with E-state index in [2.05, 4.69) is 0 Å². The van der Waals surface area contributed by atoms with Gasteiger partial charge in [0.15, 0.2) is 8.32 Å². The molecule has 0 aromatic rings. The van der Waals surface area contributed by atoms with Crippen molar-refractivity contribution >= 4 is 14.3 Å². The number of carbonyl (C=O) groups is 1. The van der Waals surface area contributed by atoms with E-state index in [4.69, 9.17) is 14.4 Å². The predicted octanol–water partition coefficient (Wildman–Crippen LogP) is 1.68. The first kappa shape index (κ1) is 13.1. The second-order valence-corrected chi connectivity index (χ2v) is 8.51. The zero-order valence-electron chi connectivity index (χ0n) is 9.38. The largest absolute Gasteiger partial charge is 0.463 e. The quantitative estimate of drug-likeness (QED) is 0.529. The lowest BCUT2D eigenvalue weighted by molar-refractivity contribution is -0.156. The van der Waals surface area contributed by atoms with Crippen LogP contribution in [0.25, 0.3) is 0 Å². The Morgan fingerprint density at radius 3 is 2.29 bits per heavy atom. The maximum absolute atomic E-state index is 11.4. The first-order chi connectivity index (χ1) is 6.25. The first-order valence-corrected chi connectivity index (χ1v) is 7.94. The maximum atomic E-state index is 11.4. The number of rotatable bonds is 4. The number of esters is 1. The van der Waals surface area contributed by atoms with Crippen molar-refractivity contribution in [2.75, 3.05) is 6.61 Å².